The van der Waals surface area contributed by atoms with Crippen molar-refractivity contribution in [3.05, 3.63) is 59.4 Å². The smallest absolute Gasteiger partial charge is 0.342 e. The number of anilines is 1. The first-order valence-electron chi connectivity index (χ1n) is 5.96. The molecular weight excluding hydrogens is 261 g/mol. The van der Waals surface area contributed by atoms with E-state index in [9.17, 15) is 9.18 Å². The van der Waals surface area contributed by atoms with E-state index in [2.05, 4.69) is 0 Å². The largest absolute Gasteiger partial charge is 0.494 e. The van der Waals surface area contributed by atoms with Gasteiger partial charge in [-0.3, -0.25) is 0 Å². The van der Waals surface area contributed by atoms with E-state index in [1.165, 1.54) is 19.2 Å². The molecule has 0 bridgehead atoms. The first-order chi connectivity index (χ1) is 9.61. The fraction of sp³-hybridized carbons (Fsp3) is 0.133. The van der Waals surface area contributed by atoms with E-state index in [4.69, 9.17) is 15.2 Å². The average Bonchev–Trinajstić information content (AvgIpc) is 2.46. The molecule has 0 amide bonds. The lowest BCUT2D eigenvalue weighted by molar-refractivity contribution is 0.0469. The van der Waals surface area contributed by atoms with Crippen LogP contribution in [-0.4, -0.2) is 13.1 Å². The lowest BCUT2D eigenvalue weighted by Crippen LogP contribution is -2.08. The first-order valence-corrected chi connectivity index (χ1v) is 5.96. The third-order valence-corrected chi connectivity index (χ3v) is 2.75. The Labute approximate surface area is 115 Å². The van der Waals surface area contributed by atoms with Crippen LogP contribution in [-0.2, 0) is 11.3 Å². The van der Waals surface area contributed by atoms with Crippen LogP contribution in [0.3, 0.4) is 0 Å². The fourth-order valence-electron chi connectivity index (χ4n) is 1.75. The molecule has 5 heteroatoms. The van der Waals surface area contributed by atoms with E-state index in [1.807, 2.05) is 0 Å². The number of nitrogens with two attached hydrogens (primary N) is 1. The van der Waals surface area contributed by atoms with E-state index in [-0.39, 0.29) is 23.7 Å². The summed E-state index contributed by atoms with van der Waals surface area (Å²) >= 11 is 0. The molecule has 0 unspecified atom stereocenters. The Morgan fingerprint density at radius 1 is 1.20 bits per heavy atom. The number of ether oxygens (including phenoxy) is 2. The molecule has 0 saturated carbocycles. The van der Waals surface area contributed by atoms with Crippen LogP contribution in [0.1, 0.15) is 15.9 Å². The molecule has 2 aromatic carbocycles. The second-order valence-corrected chi connectivity index (χ2v) is 4.13. The van der Waals surface area contributed by atoms with Crippen LogP contribution in [0.2, 0.25) is 0 Å². The molecular formula is C15H14FNO3. The van der Waals surface area contributed by atoms with E-state index in [0.717, 1.165) is 0 Å². The number of nitrogen functional groups attached to an aromatic ring is 1. The van der Waals surface area contributed by atoms with Crippen LogP contribution in [0.4, 0.5) is 10.1 Å². The van der Waals surface area contributed by atoms with Crippen molar-refractivity contribution in [3.8, 4) is 5.75 Å². The van der Waals surface area contributed by atoms with E-state index < -0.39 is 5.97 Å². The molecule has 0 spiro atoms. The van der Waals surface area contributed by atoms with Gasteiger partial charge >= 0.3 is 5.97 Å². The van der Waals surface area contributed by atoms with Crippen LogP contribution >= 0.6 is 0 Å². The van der Waals surface area contributed by atoms with Crippen molar-refractivity contribution in [2.45, 2.75) is 6.61 Å². The molecule has 0 atom stereocenters. The molecule has 2 aromatic rings. The number of carbonyl (C=O) groups is 1. The van der Waals surface area contributed by atoms with Crippen molar-refractivity contribution < 1.29 is 18.7 Å². The molecule has 0 aliphatic heterocycles. The summed E-state index contributed by atoms with van der Waals surface area (Å²) < 4.78 is 23.0. The lowest BCUT2D eigenvalue weighted by Gasteiger charge is -2.10. The molecule has 2 rings (SSSR count). The predicted molar refractivity (Wildman–Crippen MR) is 72.9 cm³/mol. The van der Waals surface area contributed by atoms with Gasteiger partial charge in [0.2, 0.25) is 0 Å². The second kappa shape index (κ2) is 6.06. The van der Waals surface area contributed by atoms with Crippen molar-refractivity contribution in [2.24, 2.45) is 0 Å². The van der Waals surface area contributed by atoms with Gasteiger partial charge < -0.3 is 15.2 Å². The number of hydrogen-bond donors (Lipinski definition) is 1. The summed E-state index contributed by atoms with van der Waals surface area (Å²) in [7, 11) is 1.43. The highest BCUT2D eigenvalue weighted by Crippen LogP contribution is 2.26. The van der Waals surface area contributed by atoms with Crippen molar-refractivity contribution in [2.75, 3.05) is 12.8 Å². The summed E-state index contributed by atoms with van der Waals surface area (Å²) in [5, 5.41) is 0. The Balaban J connectivity index is 2.09. The Morgan fingerprint density at radius 3 is 2.55 bits per heavy atom. The zero-order valence-corrected chi connectivity index (χ0v) is 10.9. The van der Waals surface area contributed by atoms with Gasteiger partial charge in [0.15, 0.2) is 5.75 Å². The molecule has 0 heterocycles. The fourth-order valence-corrected chi connectivity index (χ4v) is 1.75. The van der Waals surface area contributed by atoms with Crippen LogP contribution in [0.15, 0.2) is 42.5 Å². The highest BCUT2D eigenvalue weighted by molar-refractivity contribution is 5.94. The van der Waals surface area contributed by atoms with Crippen molar-refractivity contribution in [3.63, 3.8) is 0 Å². The number of para-hydroxylation sites is 1. The normalized spacial score (nSPS) is 10.1. The second-order valence-electron chi connectivity index (χ2n) is 4.13. The third kappa shape index (κ3) is 3.06. The van der Waals surface area contributed by atoms with Gasteiger partial charge in [0.1, 0.15) is 18.0 Å². The van der Waals surface area contributed by atoms with Crippen LogP contribution in [0, 0.1) is 5.82 Å². The van der Waals surface area contributed by atoms with Gasteiger partial charge in [-0.2, -0.15) is 0 Å². The molecule has 0 saturated heterocycles. The topological polar surface area (TPSA) is 61.5 Å². The first kappa shape index (κ1) is 13.9. The summed E-state index contributed by atoms with van der Waals surface area (Å²) in [6.07, 6.45) is 0. The highest BCUT2D eigenvalue weighted by Gasteiger charge is 2.15. The minimum Gasteiger partial charge on any atom is -0.494 e. The zero-order chi connectivity index (χ0) is 14.5. The molecule has 4 nitrogen and oxygen atoms in total. The Bertz CT molecular complexity index is 611. The molecule has 0 aliphatic carbocycles. The number of benzene rings is 2. The molecule has 0 aliphatic rings. The SMILES string of the molecule is COc1c(N)cccc1C(=O)OCc1ccc(F)cc1. The molecule has 0 fully saturated rings. The summed E-state index contributed by atoms with van der Waals surface area (Å²) in [5.41, 5.74) is 7.04. The van der Waals surface area contributed by atoms with Crippen LogP contribution in [0.5, 0.6) is 5.75 Å². The van der Waals surface area contributed by atoms with Gasteiger partial charge in [0.25, 0.3) is 0 Å². The quantitative estimate of drug-likeness (QED) is 0.688. The highest BCUT2D eigenvalue weighted by atomic mass is 19.1. The Kier molecular flexibility index (Phi) is 4.20. The predicted octanol–water partition coefficient (Wildman–Crippen LogP) is 2.77. The standard InChI is InChI=1S/C15H14FNO3/c1-19-14-12(3-2-4-13(14)17)15(18)20-9-10-5-7-11(16)8-6-10/h2-8H,9,17H2,1H3. The summed E-state index contributed by atoms with van der Waals surface area (Å²) in [6.45, 7) is 0.0526. The van der Waals surface area contributed by atoms with E-state index >= 15 is 0 Å². The molecule has 2 N–H and O–H groups in total. The average molecular weight is 275 g/mol. The Morgan fingerprint density at radius 2 is 1.90 bits per heavy atom. The molecule has 0 radical (unpaired) electrons. The monoisotopic (exact) mass is 275 g/mol. The number of esters is 1. The van der Waals surface area contributed by atoms with Gasteiger partial charge in [-0.25, -0.2) is 9.18 Å². The zero-order valence-electron chi connectivity index (χ0n) is 10.9. The molecule has 20 heavy (non-hydrogen) atoms. The maximum atomic E-state index is 12.8. The van der Waals surface area contributed by atoms with Crippen molar-refractivity contribution >= 4 is 11.7 Å². The summed E-state index contributed by atoms with van der Waals surface area (Å²) in [4.78, 5) is 12.0. The number of rotatable bonds is 4. The van der Waals surface area contributed by atoms with Crippen LogP contribution < -0.4 is 10.5 Å². The van der Waals surface area contributed by atoms with Crippen molar-refractivity contribution in [1.29, 1.82) is 0 Å². The van der Waals surface area contributed by atoms with E-state index in [0.29, 0.717) is 11.3 Å². The number of hydrogen-bond acceptors (Lipinski definition) is 4. The Hall–Kier alpha value is -2.56. The van der Waals surface area contributed by atoms with Gasteiger partial charge in [-0.05, 0) is 29.8 Å². The number of methoxy groups -OCH3 is 1. The van der Waals surface area contributed by atoms with Crippen LogP contribution in [0.25, 0.3) is 0 Å². The molecule has 104 valence electrons. The lowest BCUT2D eigenvalue weighted by atomic mass is 10.1. The summed E-state index contributed by atoms with van der Waals surface area (Å²) in [6, 6.07) is 10.6. The maximum Gasteiger partial charge on any atom is 0.342 e. The van der Waals surface area contributed by atoms with Crippen molar-refractivity contribution in [1.82, 2.24) is 0 Å². The minimum absolute atomic E-state index is 0.0526. The number of halogens is 1. The van der Waals surface area contributed by atoms with Gasteiger partial charge in [0, 0.05) is 0 Å². The van der Waals surface area contributed by atoms with Gasteiger partial charge in [0.05, 0.1) is 12.8 Å². The third-order valence-electron chi connectivity index (χ3n) is 2.75. The minimum atomic E-state index is -0.543. The van der Waals surface area contributed by atoms with E-state index in [1.54, 1.807) is 30.3 Å². The maximum absolute atomic E-state index is 12.8. The summed E-state index contributed by atoms with van der Waals surface area (Å²) in [5.74, 6) is -0.590. The molecule has 0 aromatic heterocycles. The van der Waals surface area contributed by atoms with Gasteiger partial charge in [-0.15, -0.1) is 0 Å². The number of carbonyl (C=O) groups excluding carboxylic acids is 1. The van der Waals surface area contributed by atoms with Gasteiger partial charge in [-0.1, -0.05) is 18.2 Å².